The topological polar surface area (TPSA) is 68.7 Å². The Bertz CT molecular complexity index is 1260. The molecule has 0 saturated carbocycles. The largest absolute Gasteiger partial charge is 0.481 e. The number of hydrogen-bond acceptors (Lipinski definition) is 5. The van der Waals surface area contributed by atoms with Crippen LogP contribution in [0.2, 0.25) is 10.2 Å². The lowest BCUT2D eigenvalue weighted by molar-refractivity contribution is -0.152. The average molecular weight is 519 g/mol. The van der Waals surface area contributed by atoms with Gasteiger partial charge in [0.2, 0.25) is 0 Å². The van der Waals surface area contributed by atoms with Gasteiger partial charge < -0.3 is 14.4 Å². The van der Waals surface area contributed by atoms with E-state index in [1.165, 1.54) is 12.1 Å². The zero-order valence-corrected chi connectivity index (χ0v) is 20.9. The van der Waals surface area contributed by atoms with Crippen LogP contribution < -0.4 is 4.74 Å². The molecular weight excluding hydrogens is 494 g/mol. The lowest BCUT2D eigenvalue weighted by Gasteiger charge is -2.32. The molecular formula is C26H25Cl2FN2O4. The highest BCUT2D eigenvalue weighted by molar-refractivity contribution is 6.36. The fourth-order valence-electron chi connectivity index (χ4n) is 4.29. The van der Waals surface area contributed by atoms with E-state index in [0.29, 0.717) is 54.8 Å². The number of piperidine rings is 1. The first-order chi connectivity index (χ1) is 16.8. The molecule has 2 aromatic carbocycles. The number of hydrogen-bond donors (Lipinski definition) is 0. The summed E-state index contributed by atoms with van der Waals surface area (Å²) in [5.41, 5.74) is 1.33. The van der Waals surface area contributed by atoms with Gasteiger partial charge in [-0.25, -0.2) is 9.37 Å². The number of ether oxygens (including phenoxy) is 2. The van der Waals surface area contributed by atoms with Gasteiger partial charge in [-0.2, -0.15) is 0 Å². The number of carbonyl (C=O) groups excluding carboxylic acids is 2. The molecule has 1 amide bonds. The Labute approximate surface area is 212 Å². The molecule has 184 valence electrons. The van der Waals surface area contributed by atoms with Crippen molar-refractivity contribution in [2.24, 2.45) is 5.92 Å². The molecule has 6 nitrogen and oxygen atoms in total. The van der Waals surface area contributed by atoms with Crippen LogP contribution >= 0.6 is 23.2 Å². The maximum Gasteiger partial charge on any atom is 0.309 e. The van der Waals surface area contributed by atoms with Gasteiger partial charge in [-0.1, -0.05) is 23.2 Å². The summed E-state index contributed by atoms with van der Waals surface area (Å²) in [4.78, 5) is 30.9. The molecule has 1 aliphatic rings. The third-order valence-electron chi connectivity index (χ3n) is 6.12. The summed E-state index contributed by atoms with van der Waals surface area (Å²) in [5.74, 6) is -0.486. The Kier molecular flexibility index (Phi) is 7.77. The number of esters is 1. The van der Waals surface area contributed by atoms with E-state index in [-0.39, 0.29) is 28.0 Å². The van der Waals surface area contributed by atoms with Crippen molar-refractivity contribution in [3.8, 4) is 16.9 Å². The van der Waals surface area contributed by atoms with Crippen molar-refractivity contribution in [1.82, 2.24) is 9.88 Å². The van der Waals surface area contributed by atoms with Gasteiger partial charge in [0.05, 0.1) is 17.5 Å². The average Bonchev–Trinajstić information content (AvgIpc) is 2.85. The summed E-state index contributed by atoms with van der Waals surface area (Å²) in [6, 6.07) is 9.46. The zero-order chi connectivity index (χ0) is 25.1. The Hall–Kier alpha value is -2.90. The lowest BCUT2D eigenvalue weighted by Crippen LogP contribution is -2.45. The fourth-order valence-corrected chi connectivity index (χ4v) is 4.77. The number of halogens is 3. The van der Waals surface area contributed by atoms with Crippen molar-refractivity contribution in [1.29, 1.82) is 0 Å². The van der Waals surface area contributed by atoms with Gasteiger partial charge in [0.25, 0.3) is 5.91 Å². The molecule has 0 unspecified atom stereocenters. The standard InChI is InChI=1S/C26H25Cl2FN2O4/c1-3-34-26(33)16-8-10-31(11-9-16)25(32)15(2)35-18-5-7-19-21(13-18)24(28)30-14-22(19)20-6-4-17(29)12-23(20)27/h4-7,12-16H,3,8-11H2,1-2H3/t15-/m0/s1. The maximum atomic E-state index is 13.5. The Morgan fingerprint density at radius 2 is 1.86 bits per heavy atom. The van der Waals surface area contributed by atoms with Gasteiger partial charge >= 0.3 is 5.97 Å². The van der Waals surface area contributed by atoms with Crippen LogP contribution in [0.4, 0.5) is 4.39 Å². The van der Waals surface area contributed by atoms with E-state index in [2.05, 4.69) is 4.98 Å². The minimum atomic E-state index is -0.729. The number of carbonyl (C=O) groups is 2. The molecule has 0 spiro atoms. The van der Waals surface area contributed by atoms with Crippen molar-refractivity contribution >= 4 is 45.9 Å². The molecule has 0 radical (unpaired) electrons. The van der Waals surface area contributed by atoms with Crippen LogP contribution in [0.25, 0.3) is 21.9 Å². The number of nitrogens with zero attached hydrogens (tertiary/aromatic N) is 2. The van der Waals surface area contributed by atoms with E-state index in [0.717, 1.165) is 5.39 Å². The number of benzene rings is 2. The van der Waals surface area contributed by atoms with Gasteiger partial charge in [-0.15, -0.1) is 0 Å². The fraction of sp³-hybridized carbons (Fsp3) is 0.346. The van der Waals surface area contributed by atoms with E-state index in [4.69, 9.17) is 32.7 Å². The first kappa shape index (κ1) is 25.2. The van der Waals surface area contributed by atoms with Gasteiger partial charge in [0.1, 0.15) is 16.7 Å². The molecule has 1 fully saturated rings. The predicted molar refractivity (Wildman–Crippen MR) is 133 cm³/mol. The molecule has 0 aliphatic carbocycles. The van der Waals surface area contributed by atoms with E-state index < -0.39 is 11.9 Å². The second-order valence-electron chi connectivity index (χ2n) is 8.41. The SMILES string of the molecule is CCOC(=O)C1CCN(C(=O)[C@H](C)Oc2ccc3c(-c4ccc(F)cc4Cl)cnc(Cl)c3c2)CC1. The Morgan fingerprint density at radius 1 is 1.11 bits per heavy atom. The summed E-state index contributed by atoms with van der Waals surface area (Å²) in [6.07, 6.45) is 2.01. The zero-order valence-electron chi connectivity index (χ0n) is 19.4. The van der Waals surface area contributed by atoms with E-state index in [1.54, 1.807) is 43.1 Å². The molecule has 1 aliphatic heterocycles. The first-order valence-electron chi connectivity index (χ1n) is 11.4. The predicted octanol–water partition coefficient (Wildman–Crippen LogP) is 5.92. The molecule has 1 atom stereocenters. The van der Waals surface area contributed by atoms with Crippen LogP contribution in [-0.2, 0) is 14.3 Å². The minimum Gasteiger partial charge on any atom is -0.481 e. The Morgan fingerprint density at radius 3 is 2.54 bits per heavy atom. The van der Waals surface area contributed by atoms with Gasteiger partial charge in [0.15, 0.2) is 6.10 Å². The van der Waals surface area contributed by atoms with Gasteiger partial charge in [0, 0.05) is 35.8 Å². The van der Waals surface area contributed by atoms with E-state index >= 15 is 0 Å². The van der Waals surface area contributed by atoms with Crippen LogP contribution in [0, 0.1) is 11.7 Å². The molecule has 0 N–H and O–H groups in total. The second kappa shape index (κ2) is 10.8. The van der Waals surface area contributed by atoms with E-state index in [9.17, 15) is 14.0 Å². The number of amides is 1. The first-order valence-corrected chi connectivity index (χ1v) is 12.2. The van der Waals surface area contributed by atoms with Crippen molar-refractivity contribution < 1.29 is 23.5 Å². The van der Waals surface area contributed by atoms with Gasteiger partial charge in [-0.05, 0) is 68.5 Å². The van der Waals surface area contributed by atoms with Crippen LogP contribution in [0.15, 0.2) is 42.6 Å². The van der Waals surface area contributed by atoms with Crippen LogP contribution in [0.1, 0.15) is 26.7 Å². The normalized spacial score (nSPS) is 15.2. The van der Waals surface area contributed by atoms with Crippen LogP contribution in [-0.4, -0.2) is 47.6 Å². The monoisotopic (exact) mass is 518 g/mol. The number of fused-ring (bicyclic) bond motifs is 1. The highest BCUT2D eigenvalue weighted by Gasteiger charge is 2.30. The number of rotatable bonds is 6. The molecule has 4 rings (SSSR count). The highest BCUT2D eigenvalue weighted by atomic mass is 35.5. The quantitative estimate of drug-likeness (QED) is 0.299. The van der Waals surface area contributed by atoms with Crippen LogP contribution in [0.5, 0.6) is 5.75 Å². The summed E-state index contributed by atoms with van der Waals surface area (Å²) >= 11 is 12.6. The number of likely N-dealkylation sites (tertiary alicyclic amines) is 1. The summed E-state index contributed by atoms with van der Waals surface area (Å²) in [6.45, 7) is 4.78. The molecule has 9 heteroatoms. The molecule has 0 bridgehead atoms. The Balaban J connectivity index is 1.49. The second-order valence-corrected chi connectivity index (χ2v) is 9.17. The third kappa shape index (κ3) is 5.52. The summed E-state index contributed by atoms with van der Waals surface area (Å²) < 4.78 is 24.5. The number of pyridine rings is 1. The highest BCUT2D eigenvalue weighted by Crippen LogP contribution is 2.37. The molecule has 1 saturated heterocycles. The molecule has 1 aromatic heterocycles. The van der Waals surface area contributed by atoms with Crippen molar-refractivity contribution in [3.05, 3.63) is 58.6 Å². The van der Waals surface area contributed by atoms with Gasteiger partial charge in [-0.3, -0.25) is 9.59 Å². The van der Waals surface area contributed by atoms with Crippen molar-refractivity contribution in [3.63, 3.8) is 0 Å². The third-order valence-corrected chi connectivity index (χ3v) is 6.73. The summed E-state index contributed by atoms with van der Waals surface area (Å²) in [7, 11) is 0. The van der Waals surface area contributed by atoms with E-state index in [1.807, 2.05) is 6.07 Å². The summed E-state index contributed by atoms with van der Waals surface area (Å²) in [5, 5.41) is 1.93. The molecule has 35 heavy (non-hydrogen) atoms. The molecule has 2 heterocycles. The minimum absolute atomic E-state index is 0.150. The maximum absolute atomic E-state index is 13.5. The molecule has 3 aromatic rings. The van der Waals surface area contributed by atoms with Crippen molar-refractivity contribution in [2.75, 3.05) is 19.7 Å². The number of aromatic nitrogens is 1. The smallest absolute Gasteiger partial charge is 0.309 e. The van der Waals surface area contributed by atoms with Crippen LogP contribution in [0.3, 0.4) is 0 Å². The lowest BCUT2D eigenvalue weighted by atomic mass is 9.96. The van der Waals surface area contributed by atoms with Crippen molar-refractivity contribution in [2.45, 2.75) is 32.8 Å².